The number of carbonyl (C=O) groups excluding carboxylic acids is 1. The molecule has 0 spiro atoms. The van der Waals surface area contributed by atoms with E-state index in [1.807, 2.05) is 24.3 Å². The van der Waals surface area contributed by atoms with Crippen LogP contribution in [-0.2, 0) is 4.74 Å². The van der Waals surface area contributed by atoms with Gasteiger partial charge < -0.3 is 14.1 Å². The fraction of sp³-hybridized carbons (Fsp3) is 0.273. The molecular formula is C22H17BrFNO4. The van der Waals surface area contributed by atoms with Crippen molar-refractivity contribution < 1.29 is 18.3 Å². The highest BCUT2D eigenvalue weighted by Gasteiger charge is 2.43. The molecule has 1 aromatic heterocycles. The van der Waals surface area contributed by atoms with Crippen LogP contribution in [0, 0.1) is 5.82 Å². The van der Waals surface area contributed by atoms with E-state index < -0.39 is 11.9 Å². The van der Waals surface area contributed by atoms with Crippen LogP contribution in [0.1, 0.15) is 40.6 Å². The number of halogens is 2. The molecule has 29 heavy (non-hydrogen) atoms. The molecule has 3 aromatic rings. The maximum absolute atomic E-state index is 13.8. The largest absolute Gasteiger partial charge is 0.450 e. The highest BCUT2D eigenvalue weighted by Crippen LogP contribution is 2.39. The zero-order valence-electron chi connectivity index (χ0n) is 15.4. The average Bonchev–Trinajstić information content (AvgIpc) is 3.32. The minimum absolute atomic E-state index is 0.0278. The van der Waals surface area contributed by atoms with E-state index in [2.05, 4.69) is 15.9 Å². The number of benzene rings is 2. The number of hydrogen-bond acceptors (Lipinski definition) is 4. The van der Waals surface area contributed by atoms with Crippen LogP contribution in [-0.4, -0.2) is 30.1 Å². The van der Waals surface area contributed by atoms with E-state index in [1.54, 1.807) is 4.90 Å². The van der Waals surface area contributed by atoms with Gasteiger partial charge >= 0.3 is 0 Å². The lowest BCUT2D eigenvalue weighted by Gasteiger charge is -2.27. The Morgan fingerprint density at radius 2 is 1.93 bits per heavy atom. The fourth-order valence-corrected chi connectivity index (χ4v) is 4.44. The van der Waals surface area contributed by atoms with Gasteiger partial charge in [0.05, 0.1) is 23.1 Å². The summed E-state index contributed by atoms with van der Waals surface area (Å²) in [5.74, 6) is -0.836. The van der Waals surface area contributed by atoms with E-state index in [-0.39, 0.29) is 39.7 Å². The molecular weight excluding hydrogens is 441 g/mol. The van der Waals surface area contributed by atoms with Crippen molar-refractivity contribution in [3.05, 3.63) is 79.9 Å². The summed E-state index contributed by atoms with van der Waals surface area (Å²) >= 11 is 3.42. The Morgan fingerprint density at radius 1 is 1.14 bits per heavy atom. The topological polar surface area (TPSA) is 59.8 Å². The van der Waals surface area contributed by atoms with Gasteiger partial charge in [0, 0.05) is 17.6 Å². The summed E-state index contributed by atoms with van der Waals surface area (Å²) < 4.78 is 26.2. The van der Waals surface area contributed by atoms with Crippen molar-refractivity contribution in [2.75, 3.05) is 13.2 Å². The van der Waals surface area contributed by atoms with Crippen LogP contribution in [0.4, 0.5) is 4.39 Å². The first kappa shape index (κ1) is 18.5. The fourth-order valence-electron chi connectivity index (χ4n) is 4.18. The molecule has 2 aromatic carbocycles. The molecule has 1 amide bonds. The second-order valence-corrected chi connectivity index (χ2v) is 8.28. The summed E-state index contributed by atoms with van der Waals surface area (Å²) in [4.78, 5) is 28.2. The summed E-state index contributed by atoms with van der Waals surface area (Å²) in [5, 5.41) is 0.137. The van der Waals surface area contributed by atoms with Crippen molar-refractivity contribution >= 4 is 32.8 Å². The molecule has 5 rings (SSSR count). The molecule has 2 aliphatic heterocycles. The lowest BCUT2D eigenvalue weighted by Crippen LogP contribution is -2.36. The summed E-state index contributed by atoms with van der Waals surface area (Å²) in [7, 11) is 0. The molecule has 0 N–H and O–H groups in total. The quantitative estimate of drug-likeness (QED) is 0.583. The minimum Gasteiger partial charge on any atom is -0.450 e. The molecule has 5 nitrogen and oxygen atoms in total. The van der Waals surface area contributed by atoms with Gasteiger partial charge in [-0.3, -0.25) is 9.59 Å². The third kappa shape index (κ3) is 3.09. The highest BCUT2D eigenvalue weighted by atomic mass is 79.9. The van der Waals surface area contributed by atoms with Gasteiger partial charge in [0.25, 0.3) is 5.91 Å². The number of carbonyl (C=O) groups is 1. The van der Waals surface area contributed by atoms with Crippen molar-refractivity contribution in [3.63, 3.8) is 0 Å². The van der Waals surface area contributed by atoms with Crippen molar-refractivity contribution in [1.82, 2.24) is 4.90 Å². The Kier molecular flexibility index (Phi) is 4.52. The Labute approximate surface area is 174 Å². The molecule has 2 aliphatic rings. The van der Waals surface area contributed by atoms with E-state index in [1.165, 1.54) is 12.1 Å². The van der Waals surface area contributed by atoms with Crippen LogP contribution in [0.2, 0.25) is 0 Å². The second-order valence-electron chi connectivity index (χ2n) is 7.36. The Morgan fingerprint density at radius 3 is 2.66 bits per heavy atom. The lowest BCUT2D eigenvalue weighted by atomic mass is 9.98. The molecule has 0 radical (unpaired) electrons. The van der Waals surface area contributed by atoms with Crippen LogP contribution < -0.4 is 5.43 Å². The van der Waals surface area contributed by atoms with E-state index in [0.717, 1.165) is 28.9 Å². The van der Waals surface area contributed by atoms with Crippen LogP contribution in [0.3, 0.4) is 0 Å². The summed E-state index contributed by atoms with van der Waals surface area (Å²) in [6.07, 6.45) is 1.73. The number of hydrogen-bond donors (Lipinski definition) is 0. The summed E-state index contributed by atoms with van der Waals surface area (Å²) in [6, 6.07) is 10.6. The van der Waals surface area contributed by atoms with Gasteiger partial charge in [-0.1, -0.05) is 28.1 Å². The van der Waals surface area contributed by atoms with Gasteiger partial charge in [-0.2, -0.15) is 0 Å². The average molecular weight is 458 g/mol. The SMILES string of the molecule is O=C1c2oc3ccc(F)cc3c(=O)c2[C@H](c2ccc(Br)cc2)N1C[C@H]1CCCO1. The molecule has 0 bridgehead atoms. The Balaban J connectivity index is 1.71. The number of fused-ring (bicyclic) bond motifs is 2. The summed E-state index contributed by atoms with van der Waals surface area (Å²) in [6.45, 7) is 1.04. The second kappa shape index (κ2) is 7.07. The third-order valence-corrected chi connectivity index (χ3v) is 6.07. The zero-order chi connectivity index (χ0) is 20.1. The number of ether oxygens (including phenoxy) is 1. The monoisotopic (exact) mass is 457 g/mol. The third-order valence-electron chi connectivity index (χ3n) is 5.54. The van der Waals surface area contributed by atoms with E-state index in [0.29, 0.717) is 13.2 Å². The molecule has 0 unspecified atom stereocenters. The van der Waals surface area contributed by atoms with Gasteiger partial charge in [0.15, 0.2) is 5.43 Å². The zero-order valence-corrected chi connectivity index (χ0v) is 16.9. The molecule has 3 heterocycles. The first-order valence-corrected chi connectivity index (χ1v) is 10.3. The smallest absolute Gasteiger partial charge is 0.291 e. The van der Waals surface area contributed by atoms with E-state index in [9.17, 15) is 14.0 Å². The molecule has 7 heteroatoms. The predicted molar refractivity (Wildman–Crippen MR) is 108 cm³/mol. The lowest BCUT2D eigenvalue weighted by molar-refractivity contribution is 0.0486. The molecule has 0 saturated carbocycles. The first-order chi connectivity index (χ1) is 14.0. The van der Waals surface area contributed by atoms with Crippen LogP contribution >= 0.6 is 15.9 Å². The van der Waals surface area contributed by atoms with Gasteiger partial charge in [-0.15, -0.1) is 0 Å². The van der Waals surface area contributed by atoms with Gasteiger partial charge in [0.2, 0.25) is 5.76 Å². The molecule has 1 saturated heterocycles. The van der Waals surface area contributed by atoms with Gasteiger partial charge in [0.1, 0.15) is 11.4 Å². The standard InChI is InChI=1S/C22H17BrFNO4/c23-13-5-3-12(4-6-13)19-18-20(26)16-10-14(24)7-8-17(16)29-21(18)22(27)25(19)11-15-2-1-9-28-15/h3-8,10,15,19H,1-2,9,11H2/t15-,19+/m1/s1. The van der Waals surface area contributed by atoms with E-state index >= 15 is 0 Å². The number of rotatable bonds is 3. The molecule has 1 fully saturated rings. The predicted octanol–water partition coefficient (Wildman–Crippen LogP) is 4.42. The molecule has 0 aliphatic carbocycles. The first-order valence-electron chi connectivity index (χ1n) is 9.47. The molecule has 148 valence electrons. The van der Waals surface area contributed by atoms with Gasteiger partial charge in [-0.05, 0) is 48.7 Å². The van der Waals surface area contributed by atoms with Crippen molar-refractivity contribution in [3.8, 4) is 0 Å². The highest BCUT2D eigenvalue weighted by molar-refractivity contribution is 9.10. The van der Waals surface area contributed by atoms with Crippen molar-refractivity contribution in [2.45, 2.75) is 25.0 Å². The van der Waals surface area contributed by atoms with Crippen LogP contribution in [0.25, 0.3) is 11.0 Å². The van der Waals surface area contributed by atoms with E-state index in [4.69, 9.17) is 9.15 Å². The van der Waals surface area contributed by atoms with Crippen LogP contribution in [0.5, 0.6) is 0 Å². The minimum atomic E-state index is -0.598. The Bertz CT molecular complexity index is 1170. The summed E-state index contributed by atoms with van der Waals surface area (Å²) in [5.41, 5.74) is 0.878. The maximum atomic E-state index is 13.8. The Hall–Kier alpha value is -2.51. The number of amides is 1. The van der Waals surface area contributed by atoms with Crippen LogP contribution in [0.15, 0.2) is 56.1 Å². The maximum Gasteiger partial charge on any atom is 0.291 e. The van der Waals surface area contributed by atoms with Crippen molar-refractivity contribution in [1.29, 1.82) is 0 Å². The van der Waals surface area contributed by atoms with Gasteiger partial charge in [-0.25, -0.2) is 4.39 Å². The number of nitrogens with zero attached hydrogens (tertiary/aromatic N) is 1. The normalized spacial score (nSPS) is 21.2. The van der Waals surface area contributed by atoms with Crippen molar-refractivity contribution in [2.24, 2.45) is 0 Å². The molecule has 2 atom stereocenters.